The fourth-order valence-electron chi connectivity index (χ4n) is 1.11. The zero-order valence-corrected chi connectivity index (χ0v) is 7.97. The summed E-state index contributed by atoms with van der Waals surface area (Å²) in [4.78, 5) is 11.2. The Kier molecular flexibility index (Phi) is 2.25. The van der Waals surface area contributed by atoms with Gasteiger partial charge in [0.2, 0.25) is 5.95 Å². The summed E-state index contributed by atoms with van der Waals surface area (Å²) in [5.41, 5.74) is 0.699. The van der Waals surface area contributed by atoms with Crippen LogP contribution >= 0.6 is 11.6 Å². The van der Waals surface area contributed by atoms with Crippen molar-refractivity contribution in [1.29, 1.82) is 0 Å². The topological polar surface area (TPSA) is 53.6 Å². The highest BCUT2D eigenvalue weighted by molar-refractivity contribution is 6.34. The molecule has 0 aliphatic rings. The zero-order chi connectivity index (χ0) is 9.97. The lowest BCUT2D eigenvalue weighted by Gasteiger charge is -2.00. The number of fused-ring (bicyclic) bond motifs is 1. The van der Waals surface area contributed by atoms with Crippen molar-refractivity contribution < 1.29 is 0 Å². The van der Waals surface area contributed by atoms with Crippen molar-refractivity contribution >= 4 is 28.6 Å². The molecule has 0 aromatic carbocycles. The quantitative estimate of drug-likeness (QED) is 0.581. The lowest BCUT2D eigenvalue weighted by molar-refractivity contribution is 1.15. The molecule has 2 N–H and O–H groups in total. The summed E-state index contributed by atoms with van der Waals surface area (Å²) in [7, 11) is 0. The van der Waals surface area contributed by atoms with E-state index in [4.69, 9.17) is 18.0 Å². The average Bonchev–Trinajstić information content (AvgIpc) is 2.63. The molecule has 2 aromatic rings. The molecule has 0 fully saturated rings. The molecule has 0 amide bonds. The Morgan fingerprint density at radius 2 is 2.43 bits per heavy atom. The summed E-state index contributed by atoms with van der Waals surface area (Å²) < 4.78 is 0. The number of aromatic amines is 1. The molecule has 0 saturated heterocycles. The van der Waals surface area contributed by atoms with Crippen LogP contribution in [-0.2, 0) is 0 Å². The number of hydrogen-bond acceptors (Lipinski definition) is 3. The molecule has 0 atom stereocenters. The van der Waals surface area contributed by atoms with Gasteiger partial charge in [-0.15, -0.1) is 6.42 Å². The molecule has 0 aliphatic heterocycles. The van der Waals surface area contributed by atoms with Crippen LogP contribution < -0.4 is 5.32 Å². The first-order valence-corrected chi connectivity index (χ1v) is 4.37. The van der Waals surface area contributed by atoms with Crippen molar-refractivity contribution in [3.63, 3.8) is 0 Å². The van der Waals surface area contributed by atoms with Gasteiger partial charge in [-0.05, 0) is 6.07 Å². The van der Waals surface area contributed by atoms with E-state index in [1.807, 2.05) is 6.07 Å². The first-order chi connectivity index (χ1) is 6.81. The second-order valence-corrected chi connectivity index (χ2v) is 2.99. The van der Waals surface area contributed by atoms with E-state index < -0.39 is 0 Å². The van der Waals surface area contributed by atoms with Gasteiger partial charge >= 0.3 is 0 Å². The first kappa shape index (κ1) is 8.85. The summed E-state index contributed by atoms with van der Waals surface area (Å²) in [5.74, 6) is 2.87. The summed E-state index contributed by atoms with van der Waals surface area (Å²) in [5, 5.41) is 4.07. The Bertz CT molecular complexity index is 497. The maximum absolute atomic E-state index is 5.92. The predicted octanol–water partition coefficient (Wildman–Crippen LogP) is 1.66. The monoisotopic (exact) mass is 206 g/mol. The Morgan fingerprint density at radius 1 is 1.57 bits per heavy atom. The molecule has 0 unspecified atom stereocenters. The van der Waals surface area contributed by atoms with Crippen LogP contribution in [0.5, 0.6) is 0 Å². The number of hydrogen-bond donors (Lipinski definition) is 2. The lowest BCUT2D eigenvalue weighted by Crippen LogP contribution is -2.03. The number of rotatable bonds is 2. The van der Waals surface area contributed by atoms with E-state index in [9.17, 15) is 0 Å². The van der Waals surface area contributed by atoms with Crippen molar-refractivity contribution in [1.82, 2.24) is 15.0 Å². The van der Waals surface area contributed by atoms with Crippen LogP contribution in [-0.4, -0.2) is 21.5 Å². The van der Waals surface area contributed by atoms with Crippen LogP contribution in [0.2, 0.25) is 5.15 Å². The summed E-state index contributed by atoms with van der Waals surface area (Å²) >= 11 is 5.92. The van der Waals surface area contributed by atoms with Gasteiger partial charge in [-0.2, -0.15) is 4.98 Å². The Morgan fingerprint density at radius 3 is 3.21 bits per heavy atom. The van der Waals surface area contributed by atoms with Crippen LogP contribution in [0.3, 0.4) is 0 Å². The smallest absolute Gasteiger partial charge is 0.226 e. The van der Waals surface area contributed by atoms with E-state index in [0.29, 0.717) is 23.3 Å². The molecule has 2 heterocycles. The van der Waals surface area contributed by atoms with Crippen molar-refractivity contribution in [3.05, 3.63) is 17.4 Å². The summed E-state index contributed by atoms with van der Waals surface area (Å²) in [6, 6.07) is 1.82. The zero-order valence-electron chi connectivity index (χ0n) is 7.21. The van der Waals surface area contributed by atoms with Crippen molar-refractivity contribution in [3.8, 4) is 12.3 Å². The van der Waals surface area contributed by atoms with Crippen LogP contribution in [0, 0.1) is 12.3 Å². The normalized spacial score (nSPS) is 10.0. The van der Waals surface area contributed by atoms with Gasteiger partial charge in [0.15, 0.2) is 0 Å². The molecule has 4 nitrogen and oxygen atoms in total. The predicted molar refractivity (Wildman–Crippen MR) is 56.2 cm³/mol. The number of terminal acetylenes is 1. The largest absolute Gasteiger partial charge is 0.346 e. The number of H-pyrrole nitrogens is 1. The highest BCUT2D eigenvalue weighted by Gasteiger charge is 2.05. The maximum Gasteiger partial charge on any atom is 0.226 e. The minimum atomic E-state index is 0.378. The number of aromatic nitrogens is 3. The summed E-state index contributed by atoms with van der Waals surface area (Å²) in [6.45, 7) is 0.378. The van der Waals surface area contributed by atoms with Gasteiger partial charge in [0.05, 0.1) is 11.9 Å². The molecule has 14 heavy (non-hydrogen) atoms. The van der Waals surface area contributed by atoms with Gasteiger partial charge in [0, 0.05) is 6.20 Å². The molecule has 0 bridgehead atoms. The molecule has 2 aromatic heterocycles. The first-order valence-electron chi connectivity index (χ1n) is 3.99. The fraction of sp³-hybridized carbons (Fsp3) is 0.111. The third kappa shape index (κ3) is 1.50. The molecule has 0 spiro atoms. The molecule has 0 radical (unpaired) electrons. The second kappa shape index (κ2) is 3.56. The number of nitrogens with one attached hydrogen (secondary N) is 2. The lowest BCUT2D eigenvalue weighted by atomic mass is 10.4. The summed E-state index contributed by atoms with van der Waals surface area (Å²) in [6.07, 6.45) is 6.86. The van der Waals surface area contributed by atoms with Gasteiger partial charge in [-0.3, -0.25) is 0 Å². The molecule has 70 valence electrons. The van der Waals surface area contributed by atoms with Gasteiger partial charge in [0.25, 0.3) is 0 Å². The van der Waals surface area contributed by atoms with E-state index in [1.165, 1.54) is 0 Å². The molecule has 0 aliphatic carbocycles. The van der Waals surface area contributed by atoms with Crippen molar-refractivity contribution in [2.75, 3.05) is 11.9 Å². The Labute approximate surface area is 85.7 Å². The third-order valence-corrected chi connectivity index (χ3v) is 2.01. The number of nitrogens with zero attached hydrogens (tertiary/aromatic N) is 2. The van der Waals surface area contributed by atoms with Crippen LogP contribution in [0.15, 0.2) is 12.3 Å². The van der Waals surface area contributed by atoms with E-state index >= 15 is 0 Å². The standard InChI is InChI=1S/C9H7ClN4/c1-2-4-12-9-13-7(10)6-3-5-11-8(6)14-9/h1,3,5H,4H2,(H2,11,12,13,14). The highest BCUT2D eigenvalue weighted by Crippen LogP contribution is 2.20. The molecule has 0 saturated carbocycles. The maximum atomic E-state index is 5.92. The average molecular weight is 207 g/mol. The van der Waals surface area contributed by atoms with E-state index in [-0.39, 0.29) is 0 Å². The van der Waals surface area contributed by atoms with Crippen molar-refractivity contribution in [2.24, 2.45) is 0 Å². The van der Waals surface area contributed by atoms with E-state index in [2.05, 4.69) is 26.2 Å². The fourth-order valence-corrected chi connectivity index (χ4v) is 1.35. The van der Waals surface area contributed by atoms with Gasteiger partial charge in [0.1, 0.15) is 10.8 Å². The third-order valence-electron chi connectivity index (χ3n) is 1.72. The van der Waals surface area contributed by atoms with Gasteiger partial charge in [-0.1, -0.05) is 17.5 Å². The minimum absolute atomic E-state index is 0.378. The minimum Gasteiger partial charge on any atom is -0.346 e. The van der Waals surface area contributed by atoms with Gasteiger partial charge < -0.3 is 10.3 Å². The molecular weight excluding hydrogens is 200 g/mol. The van der Waals surface area contributed by atoms with Crippen molar-refractivity contribution in [2.45, 2.75) is 0 Å². The SMILES string of the molecule is C#CCNc1nc(Cl)c2cc[nH]c2n1. The number of halogens is 1. The van der Waals surface area contributed by atoms with Crippen LogP contribution in [0.1, 0.15) is 0 Å². The Hall–Kier alpha value is -1.73. The van der Waals surface area contributed by atoms with Crippen LogP contribution in [0.25, 0.3) is 11.0 Å². The highest BCUT2D eigenvalue weighted by atomic mass is 35.5. The van der Waals surface area contributed by atoms with E-state index in [1.54, 1.807) is 6.20 Å². The van der Waals surface area contributed by atoms with Crippen LogP contribution in [0.4, 0.5) is 5.95 Å². The number of anilines is 1. The van der Waals surface area contributed by atoms with E-state index in [0.717, 1.165) is 5.39 Å². The molecule has 5 heteroatoms. The molecule has 2 rings (SSSR count). The second-order valence-electron chi connectivity index (χ2n) is 2.64. The Balaban J connectivity index is 2.44. The molecular formula is C9H7ClN4. The van der Waals surface area contributed by atoms with Gasteiger partial charge in [-0.25, -0.2) is 4.98 Å².